The molecule has 0 unspecified atom stereocenters. The molecule has 0 aliphatic carbocycles. The van der Waals surface area contributed by atoms with Crippen LogP contribution >= 0.6 is 0 Å². The Morgan fingerprint density at radius 3 is 3.05 bits per heavy atom. The summed E-state index contributed by atoms with van der Waals surface area (Å²) in [6.45, 7) is -0.101. The van der Waals surface area contributed by atoms with Gasteiger partial charge in [-0.25, -0.2) is 0 Å². The molecule has 1 amide bonds. The summed E-state index contributed by atoms with van der Waals surface area (Å²) in [4.78, 5) is 15.8. The fraction of sp³-hybridized carbons (Fsp3) is 0.214. The summed E-state index contributed by atoms with van der Waals surface area (Å²) >= 11 is 0. The number of aromatic nitrogens is 2. The topological polar surface area (TPSA) is 97.5 Å². The maximum atomic E-state index is 12.0. The standard InChI is InChI=1S/C14H13N3O4/c1-20-12-5-4-11(7-10(12)3-2-6-18)14(19)15-8-13-16-9-21-17-13/h4-5,7,9,18H,6,8H2,1H3,(H,15,19). The summed E-state index contributed by atoms with van der Waals surface area (Å²) in [6.07, 6.45) is 1.19. The number of nitrogens with one attached hydrogen (secondary N) is 1. The van der Waals surface area contributed by atoms with Crippen molar-refractivity contribution in [1.82, 2.24) is 15.5 Å². The Hall–Kier alpha value is -2.85. The summed E-state index contributed by atoms with van der Waals surface area (Å²) in [5.74, 6) is 5.88. The molecule has 108 valence electrons. The maximum absolute atomic E-state index is 12.0. The smallest absolute Gasteiger partial charge is 0.251 e. The van der Waals surface area contributed by atoms with Crippen molar-refractivity contribution in [3.8, 4) is 17.6 Å². The van der Waals surface area contributed by atoms with E-state index in [-0.39, 0.29) is 19.1 Å². The lowest BCUT2D eigenvalue weighted by molar-refractivity contribution is 0.0949. The second-order valence-corrected chi connectivity index (χ2v) is 3.91. The van der Waals surface area contributed by atoms with Crippen molar-refractivity contribution >= 4 is 5.91 Å². The first-order chi connectivity index (χ1) is 10.2. The molecular weight excluding hydrogens is 274 g/mol. The number of benzene rings is 1. The van der Waals surface area contributed by atoms with Gasteiger partial charge in [0.25, 0.3) is 5.91 Å². The van der Waals surface area contributed by atoms with Gasteiger partial charge in [0.2, 0.25) is 6.39 Å². The van der Waals surface area contributed by atoms with Gasteiger partial charge < -0.3 is 19.7 Å². The molecule has 21 heavy (non-hydrogen) atoms. The van der Waals surface area contributed by atoms with Gasteiger partial charge in [-0.3, -0.25) is 4.79 Å². The van der Waals surface area contributed by atoms with Gasteiger partial charge in [0.15, 0.2) is 5.82 Å². The number of aliphatic hydroxyl groups excluding tert-OH is 1. The van der Waals surface area contributed by atoms with E-state index in [1.54, 1.807) is 18.2 Å². The van der Waals surface area contributed by atoms with Gasteiger partial charge >= 0.3 is 0 Å². The fourth-order valence-electron chi connectivity index (χ4n) is 1.61. The summed E-state index contributed by atoms with van der Waals surface area (Å²) in [5, 5.41) is 15.0. The number of carbonyl (C=O) groups is 1. The zero-order valence-electron chi connectivity index (χ0n) is 11.3. The molecule has 1 heterocycles. The first-order valence-electron chi connectivity index (χ1n) is 6.06. The number of carbonyl (C=O) groups excluding carboxylic acids is 1. The van der Waals surface area contributed by atoms with Crippen molar-refractivity contribution in [3.05, 3.63) is 41.5 Å². The highest BCUT2D eigenvalue weighted by atomic mass is 16.5. The van der Waals surface area contributed by atoms with Crippen LogP contribution in [-0.4, -0.2) is 34.9 Å². The van der Waals surface area contributed by atoms with E-state index in [1.807, 2.05) is 0 Å². The normalized spacial score (nSPS) is 9.62. The first-order valence-corrected chi connectivity index (χ1v) is 6.06. The molecule has 0 fully saturated rings. The van der Waals surface area contributed by atoms with Crippen LogP contribution in [0.4, 0.5) is 0 Å². The third-order valence-corrected chi connectivity index (χ3v) is 2.58. The summed E-state index contributed by atoms with van der Waals surface area (Å²) < 4.78 is 9.72. The van der Waals surface area contributed by atoms with Crippen LogP contribution in [0, 0.1) is 11.8 Å². The number of nitrogens with zero attached hydrogens (tertiary/aromatic N) is 2. The molecule has 7 heteroatoms. The number of methoxy groups -OCH3 is 1. The minimum absolute atomic E-state index is 0.166. The number of hydrogen-bond donors (Lipinski definition) is 2. The van der Waals surface area contributed by atoms with E-state index in [0.717, 1.165) is 0 Å². The summed E-state index contributed by atoms with van der Waals surface area (Å²) in [7, 11) is 1.51. The molecule has 2 N–H and O–H groups in total. The van der Waals surface area contributed by atoms with Crippen LogP contribution in [0.15, 0.2) is 29.1 Å². The van der Waals surface area contributed by atoms with Crippen LogP contribution in [-0.2, 0) is 6.54 Å². The SMILES string of the molecule is COc1ccc(C(=O)NCc2ncon2)cc1C#CCO. The van der Waals surface area contributed by atoms with Crippen molar-refractivity contribution in [1.29, 1.82) is 0 Å². The number of rotatable bonds is 4. The van der Waals surface area contributed by atoms with Crippen molar-refractivity contribution in [2.45, 2.75) is 6.54 Å². The highest BCUT2D eigenvalue weighted by Gasteiger charge is 2.10. The molecular formula is C14H13N3O4. The number of ether oxygens (including phenoxy) is 1. The molecule has 0 radical (unpaired) electrons. The van der Waals surface area contributed by atoms with E-state index in [2.05, 4.69) is 31.8 Å². The van der Waals surface area contributed by atoms with Crippen LogP contribution in [0.1, 0.15) is 21.7 Å². The van der Waals surface area contributed by atoms with Crippen LogP contribution in [0.5, 0.6) is 5.75 Å². The Balaban J connectivity index is 2.13. The molecule has 1 aromatic carbocycles. The number of amides is 1. The average molecular weight is 287 g/mol. The lowest BCUT2D eigenvalue weighted by atomic mass is 10.1. The van der Waals surface area contributed by atoms with Crippen molar-refractivity contribution in [2.24, 2.45) is 0 Å². The molecule has 0 saturated carbocycles. The van der Waals surface area contributed by atoms with Crippen molar-refractivity contribution in [3.63, 3.8) is 0 Å². The van der Waals surface area contributed by atoms with E-state index in [9.17, 15) is 4.79 Å². The molecule has 2 aromatic rings. The predicted octanol–water partition coefficient (Wildman–Crippen LogP) is 0.352. The highest BCUT2D eigenvalue weighted by Crippen LogP contribution is 2.18. The molecule has 0 spiro atoms. The first kappa shape index (κ1) is 14.6. The Kier molecular flexibility index (Phi) is 4.90. The molecule has 0 aliphatic rings. The molecule has 2 rings (SSSR count). The quantitative estimate of drug-likeness (QED) is 0.788. The summed E-state index contributed by atoms with van der Waals surface area (Å²) in [6, 6.07) is 4.85. The van der Waals surface area contributed by atoms with Gasteiger partial charge in [0.05, 0.1) is 19.2 Å². The van der Waals surface area contributed by atoms with Crippen LogP contribution < -0.4 is 10.1 Å². The minimum Gasteiger partial charge on any atom is -0.495 e. The van der Waals surface area contributed by atoms with Gasteiger partial charge in [0.1, 0.15) is 12.4 Å². The van der Waals surface area contributed by atoms with Gasteiger partial charge in [-0.15, -0.1) is 0 Å². The largest absolute Gasteiger partial charge is 0.495 e. The monoisotopic (exact) mass is 287 g/mol. The second-order valence-electron chi connectivity index (χ2n) is 3.91. The van der Waals surface area contributed by atoms with E-state index in [0.29, 0.717) is 22.7 Å². The Bertz CT molecular complexity index is 671. The molecule has 0 bridgehead atoms. The Morgan fingerprint density at radius 2 is 2.38 bits per heavy atom. The average Bonchev–Trinajstić information content (AvgIpc) is 3.03. The molecule has 0 saturated heterocycles. The highest BCUT2D eigenvalue weighted by molar-refractivity contribution is 5.94. The van der Waals surface area contributed by atoms with E-state index >= 15 is 0 Å². The zero-order valence-corrected chi connectivity index (χ0v) is 11.3. The van der Waals surface area contributed by atoms with E-state index < -0.39 is 0 Å². The van der Waals surface area contributed by atoms with Crippen LogP contribution in [0.3, 0.4) is 0 Å². The van der Waals surface area contributed by atoms with Gasteiger partial charge in [-0.1, -0.05) is 17.0 Å². The van der Waals surface area contributed by atoms with Gasteiger partial charge in [0, 0.05) is 5.56 Å². The third-order valence-electron chi connectivity index (χ3n) is 2.58. The van der Waals surface area contributed by atoms with E-state index in [4.69, 9.17) is 9.84 Å². The maximum Gasteiger partial charge on any atom is 0.251 e. The molecule has 0 atom stereocenters. The van der Waals surface area contributed by atoms with Gasteiger partial charge in [-0.05, 0) is 18.2 Å². The third kappa shape index (κ3) is 3.81. The fourth-order valence-corrected chi connectivity index (χ4v) is 1.61. The summed E-state index contributed by atoms with van der Waals surface area (Å²) in [5.41, 5.74) is 0.945. The molecule has 0 aliphatic heterocycles. The van der Waals surface area contributed by atoms with Crippen LogP contribution in [0.2, 0.25) is 0 Å². The zero-order chi connectivity index (χ0) is 15.1. The molecule has 7 nitrogen and oxygen atoms in total. The van der Waals surface area contributed by atoms with Gasteiger partial charge in [-0.2, -0.15) is 4.98 Å². The Morgan fingerprint density at radius 1 is 1.52 bits per heavy atom. The lowest BCUT2D eigenvalue weighted by Gasteiger charge is -2.07. The number of aliphatic hydroxyl groups is 1. The predicted molar refractivity (Wildman–Crippen MR) is 72.4 cm³/mol. The van der Waals surface area contributed by atoms with E-state index in [1.165, 1.54) is 13.5 Å². The van der Waals surface area contributed by atoms with Crippen LogP contribution in [0.25, 0.3) is 0 Å². The second kappa shape index (κ2) is 7.07. The lowest BCUT2D eigenvalue weighted by Crippen LogP contribution is -2.23. The Labute approximate surface area is 120 Å². The number of hydrogen-bond acceptors (Lipinski definition) is 6. The van der Waals surface area contributed by atoms with Crippen molar-refractivity contribution in [2.75, 3.05) is 13.7 Å². The molecule has 1 aromatic heterocycles. The minimum atomic E-state index is -0.297. The van der Waals surface area contributed by atoms with Crippen molar-refractivity contribution < 1.29 is 19.2 Å².